The minimum absolute atomic E-state index is 0.00296. The highest BCUT2D eigenvalue weighted by Gasteiger charge is 2.68. The monoisotopic (exact) mass is 614 g/mol. The first-order valence-corrected chi connectivity index (χ1v) is 19.0. The molecule has 3 saturated carbocycles. The van der Waals surface area contributed by atoms with Gasteiger partial charge in [-0.25, -0.2) is 4.79 Å². The molecular weight excluding hydrogens is 559 g/mol. The number of amides is 2. The summed E-state index contributed by atoms with van der Waals surface area (Å²) < 4.78 is 25.9. The summed E-state index contributed by atoms with van der Waals surface area (Å²) in [6, 6.07) is 9.07. The van der Waals surface area contributed by atoms with Gasteiger partial charge >= 0.3 is 19.1 Å². The maximum absolute atomic E-state index is 13.3. The van der Waals surface area contributed by atoms with Crippen molar-refractivity contribution >= 4 is 33.1 Å². The van der Waals surface area contributed by atoms with E-state index in [9.17, 15) is 9.59 Å². The Labute approximate surface area is 261 Å². The van der Waals surface area contributed by atoms with E-state index in [4.69, 9.17) is 18.5 Å². The summed E-state index contributed by atoms with van der Waals surface area (Å²) in [5.41, 5.74) is -0.0534. The van der Waals surface area contributed by atoms with Crippen LogP contribution in [0.3, 0.4) is 0 Å². The Kier molecular flexibility index (Phi) is 9.60. The van der Waals surface area contributed by atoms with Gasteiger partial charge in [0, 0.05) is 5.69 Å². The molecule has 1 heterocycles. The molecule has 240 valence electrons. The van der Waals surface area contributed by atoms with Gasteiger partial charge in [0.2, 0.25) is 0 Å². The number of para-hydroxylation sites is 1. The molecule has 10 heteroatoms. The van der Waals surface area contributed by atoms with Crippen LogP contribution in [-0.4, -0.2) is 56.8 Å². The highest BCUT2D eigenvalue weighted by Crippen LogP contribution is 2.65. The zero-order valence-electron chi connectivity index (χ0n) is 28.3. The topological polar surface area (TPSA) is 95.1 Å². The number of carbonyl (C=O) groups is 2. The molecule has 2 bridgehead atoms. The maximum atomic E-state index is 13.3. The smallest absolute Gasteiger partial charge is 0.460 e. The lowest BCUT2D eigenvalue weighted by molar-refractivity contribution is -0.199. The predicted molar refractivity (Wildman–Crippen MR) is 174 cm³/mol. The molecule has 1 aliphatic heterocycles. The van der Waals surface area contributed by atoms with E-state index >= 15 is 0 Å². The number of urea groups is 1. The fourth-order valence-corrected chi connectivity index (χ4v) is 8.32. The van der Waals surface area contributed by atoms with E-state index in [0.29, 0.717) is 30.4 Å². The number of nitrogens with one attached hydrogen (secondary N) is 2. The van der Waals surface area contributed by atoms with Gasteiger partial charge in [0.1, 0.15) is 5.60 Å². The molecule has 8 nitrogen and oxygen atoms in total. The van der Waals surface area contributed by atoms with Gasteiger partial charge in [-0.3, -0.25) is 4.79 Å². The van der Waals surface area contributed by atoms with Gasteiger partial charge in [-0.05, 0) is 101 Å². The highest BCUT2D eigenvalue weighted by atomic mass is 28.4. The van der Waals surface area contributed by atoms with Crippen LogP contribution in [0.15, 0.2) is 30.3 Å². The fourth-order valence-electron chi connectivity index (χ4n) is 6.94. The van der Waals surface area contributed by atoms with Crippen LogP contribution in [0.5, 0.6) is 0 Å². The van der Waals surface area contributed by atoms with Crippen molar-refractivity contribution in [3.63, 3.8) is 0 Å². The van der Waals surface area contributed by atoms with E-state index in [1.165, 1.54) is 0 Å². The average molecular weight is 615 g/mol. The average Bonchev–Trinajstić information content (AvgIpc) is 3.22. The Balaban J connectivity index is 1.53. The molecule has 1 aromatic carbocycles. The summed E-state index contributed by atoms with van der Waals surface area (Å²) >= 11 is 0. The van der Waals surface area contributed by atoms with Crippen molar-refractivity contribution in [2.24, 2.45) is 17.3 Å². The van der Waals surface area contributed by atoms with Gasteiger partial charge in [0.05, 0.1) is 30.2 Å². The molecule has 4 aliphatic rings. The number of anilines is 1. The molecule has 0 spiro atoms. The second-order valence-corrected chi connectivity index (χ2v) is 21.0. The Morgan fingerprint density at radius 1 is 1.05 bits per heavy atom. The molecule has 0 aromatic heterocycles. The van der Waals surface area contributed by atoms with E-state index in [1.54, 1.807) is 0 Å². The first-order valence-electron chi connectivity index (χ1n) is 16.1. The number of carbonyl (C=O) groups excluding carboxylic acids is 2. The Morgan fingerprint density at radius 3 is 2.28 bits per heavy atom. The van der Waals surface area contributed by atoms with Gasteiger partial charge in [-0.1, -0.05) is 52.8 Å². The SMILES string of the molecule is CC(C)(C)OC(=O)C[C@H](CC[C@H](NC(=O)Nc1ccccc1)B1O[C@@H]2C[C@@H]3C[C@@H](C3(C)C)[C@]2(C)O1)O[Si](C)(C)C(C)(C)C. The van der Waals surface area contributed by atoms with E-state index in [2.05, 4.69) is 65.3 Å². The molecule has 1 aromatic rings. The third-order valence-electron chi connectivity index (χ3n) is 10.5. The van der Waals surface area contributed by atoms with Crippen LogP contribution in [0.4, 0.5) is 10.5 Å². The van der Waals surface area contributed by atoms with Crippen molar-refractivity contribution in [3.8, 4) is 0 Å². The van der Waals surface area contributed by atoms with Gasteiger partial charge < -0.3 is 29.1 Å². The standard InChI is InChI=1S/C33H55BN2O6Si/c1-30(2,3)39-28(37)21-24(41-43(10,11)31(4,5)6)17-18-27(36-29(38)35-23-15-13-12-14-16-23)34-40-26-20-22-19-25(32(22,7)8)33(26,9)42-34/h12-16,22,24-27H,17-21H2,1-11H3,(H2,35,36,38)/t22-,24-,25-,26+,27-,33-/m0/s1. The Bertz CT molecular complexity index is 1150. The lowest BCUT2D eigenvalue weighted by atomic mass is 9.43. The molecule has 2 N–H and O–H groups in total. The third kappa shape index (κ3) is 7.68. The zero-order chi connectivity index (χ0) is 32.0. The van der Waals surface area contributed by atoms with Gasteiger partial charge in [0.15, 0.2) is 8.32 Å². The minimum Gasteiger partial charge on any atom is -0.460 e. The molecule has 5 rings (SSSR count). The van der Waals surface area contributed by atoms with Crippen molar-refractivity contribution in [2.45, 2.75) is 142 Å². The van der Waals surface area contributed by atoms with Crippen LogP contribution in [0.2, 0.25) is 18.1 Å². The first kappa shape index (κ1) is 34.0. The third-order valence-corrected chi connectivity index (χ3v) is 15.1. The Morgan fingerprint density at radius 2 is 1.70 bits per heavy atom. The summed E-state index contributed by atoms with van der Waals surface area (Å²) in [4.78, 5) is 26.2. The largest absolute Gasteiger partial charge is 0.481 e. The lowest BCUT2D eigenvalue weighted by Crippen LogP contribution is -2.65. The second-order valence-electron chi connectivity index (χ2n) is 16.3. The number of hydrogen-bond acceptors (Lipinski definition) is 6. The van der Waals surface area contributed by atoms with Gasteiger partial charge in [-0.15, -0.1) is 0 Å². The van der Waals surface area contributed by atoms with Crippen LogP contribution in [0, 0.1) is 17.3 Å². The Hall–Kier alpha value is -1.88. The number of hydrogen-bond donors (Lipinski definition) is 2. The molecule has 0 radical (unpaired) electrons. The molecule has 4 fully saturated rings. The van der Waals surface area contributed by atoms with Gasteiger partial charge in [-0.2, -0.15) is 0 Å². The molecule has 6 atom stereocenters. The van der Waals surface area contributed by atoms with Gasteiger partial charge in [0.25, 0.3) is 0 Å². The number of benzene rings is 1. The lowest BCUT2D eigenvalue weighted by Gasteiger charge is -2.64. The highest BCUT2D eigenvalue weighted by molar-refractivity contribution is 6.74. The second kappa shape index (κ2) is 12.1. The van der Waals surface area contributed by atoms with Crippen LogP contribution in [0.1, 0.15) is 94.4 Å². The summed E-state index contributed by atoms with van der Waals surface area (Å²) in [6.07, 6.45) is 2.98. The normalized spacial score (nSPS) is 27.9. The summed E-state index contributed by atoms with van der Waals surface area (Å²) in [5.74, 6) is 0.323. The number of ether oxygens (including phenoxy) is 1. The van der Waals surface area contributed by atoms with Crippen molar-refractivity contribution in [1.29, 1.82) is 0 Å². The molecular formula is C33H55BN2O6Si. The van der Waals surface area contributed by atoms with Crippen LogP contribution in [0.25, 0.3) is 0 Å². The van der Waals surface area contributed by atoms with E-state index in [0.717, 1.165) is 12.8 Å². The fraction of sp³-hybridized carbons (Fsp3) is 0.758. The van der Waals surface area contributed by atoms with Crippen LogP contribution in [-0.2, 0) is 23.3 Å². The molecule has 3 aliphatic carbocycles. The predicted octanol–water partition coefficient (Wildman–Crippen LogP) is 7.35. The van der Waals surface area contributed by atoms with Crippen LogP contribution < -0.4 is 10.6 Å². The quantitative estimate of drug-likeness (QED) is 0.212. The van der Waals surface area contributed by atoms with Crippen molar-refractivity contribution < 1.29 is 28.1 Å². The van der Waals surface area contributed by atoms with Crippen molar-refractivity contribution in [1.82, 2.24) is 5.32 Å². The van der Waals surface area contributed by atoms with Crippen molar-refractivity contribution in [2.75, 3.05) is 5.32 Å². The van der Waals surface area contributed by atoms with E-state index < -0.39 is 32.6 Å². The number of esters is 1. The molecule has 43 heavy (non-hydrogen) atoms. The van der Waals surface area contributed by atoms with Crippen LogP contribution >= 0.6 is 0 Å². The number of rotatable bonds is 10. The summed E-state index contributed by atoms with van der Waals surface area (Å²) in [6.45, 7) is 23.5. The molecule has 0 unspecified atom stereocenters. The minimum atomic E-state index is -2.21. The first-order chi connectivity index (χ1) is 19.7. The van der Waals surface area contributed by atoms with E-state index in [1.807, 2.05) is 51.1 Å². The molecule has 2 amide bonds. The van der Waals surface area contributed by atoms with Crippen molar-refractivity contribution in [3.05, 3.63) is 30.3 Å². The zero-order valence-corrected chi connectivity index (χ0v) is 29.3. The molecule has 1 saturated heterocycles. The van der Waals surface area contributed by atoms with E-state index in [-0.39, 0.29) is 41.1 Å². The summed E-state index contributed by atoms with van der Waals surface area (Å²) in [5, 5.41) is 6.08. The summed E-state index contributed by atoms with van der Waals surface area (Å²) in [7, 11) is -2.80. The maximum Gasteiger partial charge on any atom is 0.481 e.